The number of fused-ring (bicyclic) bond motifs is 3. The Morgan fingerprint density at radius 2 is 1.45 bits per heavy atom. The van der Waals surface area contributed by atoms with Crippen LogP contribution in [0.3, 0.4) is 0 Å². The molecular weight excluding hydrogens is 673 g/mol. The molecular formula is C38H52N4O8S. The van der Waals surface area contributed by atoms with Crippen LogP contribution in [0, 0.1) is 0 Å². The first-order valence-electron chi connectivity index (χ1n) is 17.7. The lowest BCUT2D eigenvalue weighted by Crippen LogP contribution is -2.61. The molecule has 1 aliphatic carbocycles. The molecule has 51 heavy (non-hydrogen) atoms. The average molecular weight is 725 g/mol. The van der Waals surface area contributed by atoms with E-state index in [2.05, 4.69) is 22.8 Å². The maximum atomic E-state index is 14.0. The largest absolute Gasteiger partial charge is 0.449 e. The van der Waals surface area contributed by atoms with E-state index in [1.807, 2.05) is 57.2 Å². The van der Waals surface area contributed by atoms with Crippen LogP contribution in [-0.4, -0.2) is 112 Å². The molecule has 3 aliphatic rings. The van der Waals surface area contributed by atoms with Gasteiger partial charge in [-0.1, -0.05) is 48.5 Å². The summed E-state index contributed by atoms with van der Waals surface area (Å²) in [6.45, 7) is 13.5. The van der Waals surface area contributed by atoms with Gasteiger partial charge in [0, 0.05) is 31.3 Å². The molecule has 5 rings (SSSR count). The number of benzene rings is 2. The summed E-state index contributed by atoms with van der Waals surface area (Å²) in [4.78, 5) is 56.4. The van der Waals surface area contributed by atoms with Crippen LogP contribution in [0.15, 0.2) is 48.5 Å². The lowest BCUT2D eigenvalue weighted by atomic mass is 9.98. The third-order valence-electron chi connectivity index (χ3n) is 9.34. The van der Waals surface area contributed by atoms with Crippen molar-refractivity contribution in [3.8, 4) is 11.1 Å². The second-order valence-corrected chi connectivity index (χ2v) is 16.9. The molecule has 2 aromatic rings. The van der Waals surface area contributed by atoms with E-state index in [0.717, 1.165) is 22.3 Å². The summed E-state index contributed by atoms with van der Waals surface area (Å²) in [5, 5.41) is 16.0. The number of amides is 4. The zero-order valence-electron chi connectivity index (χ0n) is 30.7. The lowest BCUT2D eigenvalue weighted by Gasteiger charge is -2.45. The van der Waals surface area contributed by atoms with Gasteiger partial charge in [0.25, 0.3) is 0 Å². The number of carbonyl (C=O) groups is 4. The van der Waals surface area contributed by atoms with E-state index >= 15 is 0 Å². The van der Waals surface area contributed by atoms with Crippen LogP contribution in [0.4, 0.5) is 9.59 Å². The van der Waals surface area contributed by atoms with Crippen molar-refractivity contribution in [1.82, 2.24) is 20.4 Å². The van der Waals surface area contributed by atoms with Crippen molar-refractivity contribution in [3.63, 3.8) is 0 Å². The SMILES string of the molecule is C[C@@H](O)[C@H](NC(=O)OCC1c2ccccc2-c2ccccc21)C(=O)N1CCSC12CCN(C(=O)[C@H](COC(C)(C)C)NC(=O)OC(C)(C)C)CC2. The number of thioether (sulfide) groups is 1. The molecule has 2 aliphatic heterocycles. The van der Waals surface area contributed by atoms with E-state index in [9.17, 15) is 24.3 Å². The highest BCUT2D eigenvalue weighted by Gasteiger charge is 2.49. The summed E-state index contributed by atoms with van der Waals surface area (Å²) in [7, 11) is 0. The Morgan fingerprint density at radius 3 is 2.00 bits per heavy atom. The summed E-state index contributed by atoms with van der Waals surface area (Å²) in [5.41, 5.74) is 3.09. The molecule has 2 saturated heterocycles. The van der Waals surface area contributed by atoms with Gasteiger partial charge in [0.05, 0.1) is 23.2 Å². The molecule has 3 N–H and O–H groups in total. The summed E-state index contributed by atoms with van der Waals surface area (Å²) < 4.78 is 17.0. The van der Waals surface area contributed by atoms with Gasteiger partial charge in [0.15, 0.2) is 0 Å². The van der Waals surface area contributed by atoms with Crippen molar-refractivity contribution < 1.29 is 38.5 Å². The summed E-state index contributed by atoms with van der Waals surface area (Å²) in [5.74, 6) is -0.153. The topological polar surface area (TPSA) is 147 Å². The molecule has 12 nitrogen and oxygen atoms in total. The average Bonchev–Trinajstić information content (AvgIpc) is 3.61. The predicted octanol–water partition coefficient (Wildman–Crippen LogP) is 4.88. The van der Waals surface area contributed by atoms with Crippen LogP contribution in [0.25, 0.3) is 11.1 Å². The minimum Gasteiger partial charge on any atom is -0.449 e. The molecule has 0 aromatic heterocycles. The fourth-order valence-electron chi connectivity index (χ4n) is 6.91. The maximum Gasteiger partial charge on any atom is 0.408 e. The second kappa shape index (κ2) is 15.4. The molecule has 4 amide bonds. The van der Waals surface area contributed by atoms with Gasteiger partial charge in [-0.2, -0.15) is 0 Å². The number of rotatable bonds is 9. The molecule has 2 fully saturated rings. The van der Waals surface area contributed by atoms with E-state index in [1.54, 1.807) is 42.3 Å². The molecule has 13 heteroatoms. The molecule has 2 aromatic carbocycles. The molecule has 0 saturated carbocycles. The first-order chi connectivity index (χ1) is 24.0. The van der Waals surface area contributed by atoms with Crippen LogP contribution in [0.2, 0.25) is 0 Å². The van der Waals surface area contributed by atoms with Crippen LogP contribution >= 0.6 is 11.8 Å². The number of ether oxygens (including phenoxy) is 3. The zero-order chi connectivity index (χ0) is 37.1. The summed E-state index contributed by atoms with van der Waals surface area (Å²) >= 11 is 1.64. The highest BCUT2D eigenvalue weighted by Crippen LogP contribution is 2.45. The van der Waals surface area contributed by atoms with Gasteiger partial charge in [-0.15, -0.1) is 11.8 Å². The number of hydrogen-bond acceptors (Lipinski definition) is 9. The number of piperidine rings is 1. The van der Waals surface area contributed by atoms with Crippen molar-refractivity contribution in [2.75, 3.05) is 38.6 Å². The zero-order valence-corrected chi connectivity index (χ0v) is 31.5. The predicted molar refractivity (Wildman–Crippen MR) is 195 cm³/mol. The number of carbonyl (C=O) groups excluding carboxylic acids is 4. The van der Waals surface area contributed by atoms with E-state index in [1.165, 1.54) is 6.92 Å². The monoisotopic (exact) mass is 724 g/mol. The number of aliphatic hydroxyl groups excluding tert-OH is 1. The molecule has 2 heterocycles. The number of nitrogens with one attached hydrogen (secondary N) is 2. The summed E-state index contributed by atoms with van der Waals surface area (Å²) in [6, 6.07) is 13.9. The fraction of sp³-hybridized carbons (Fsp3) is 0.579. The highest BCUT2D eigenvalue weighted by molar-refractivity contribution is 8.00. The minimum atomic E-state index is -1.21. The van der Waals surface area contributed by atoms with Crippen molar-refractivity contribution >= 4 is 35.8 Å². The number of likely N-dealkylation sites (tertiary alicyclic amines) is 1. The number of hydrogen-bond donors (Lipinski definition) is 3. The Morgan fingerprint density at radius 1 is 0.863 bits per heavy atom. The normalized spacial score (nSPS) is 18.7. The van der Waals surface area contributed by atoms with Crippen molar-refractivity contribution in [1.29, 1.82) is 0 Å². The fourth-order valence-corrected chi connectivity index (χ4v) is 8.37. The van der Waals surface area contributed by atoms with E-state index in [0.29, 0.717) is 38.2 Å². The Labute approximate surface area is 304 Å². The molecule has 278 valence electrons. The van der Waals surface area contributed by atoms with Crippen molar-refractivity contribution in [3.05, 3.63) is 59.7 Å². The van der Waals surface area contributed by atoms with Gasteiger partial charge in [-0.05, 0) is 83.6 Å². The lowest BCUT2D eigenvalue weighted by molar-refractivity contribution is -0.142. The van der Waals surface area contributed by atoms with Gasteiger partial charge in [0.2, 0.25) is 11.8 Å². The van der Waals surface area contributed by atoms with Gasteiger partial charge < -0.3 is 39.8 Å². The molecule has 3 atom stereocenters. The van der Waals surface area contributed by atoms with Gasteiger partial charge in [0.1, 0.15) is 24.3 Å². The third kappa shape index (κ3) is 9.17. The van der Waals surface area contributed by atoms with Gasteiger partial charge in [-0.25, -0.2) is 9.59 Å². The number of aliphatic hydroxyl groups is 1. The van der Waals surface area contributed by atoms with Crippen LogP contribution in [-0.2, 0) is 23.8 Å². The second-order valence-electron chi connectivity index (χ2n) is 15.4. The molecule has 0 unspecified atom stereocenters. The van der Waals surface area contributed by atoms with Crippen LogP contribution in [0.5, 0.6) is 0 Å². The molecule has 0 bridgehead atoms. The summed E-state index contributed by atoms with van der Waals surface area (Å²) in [6.07, 6.45) is -1.70. The number of alkyl carbamates (subject to hydrolysis) is 2. The highest BCUT2D eigenvalue weighted by atomic mass is 32.2. The van der Waals surface area contributed by atoms with Gasteiger partial charge in [-0.3, -0.25) is 9.59 Å². The molecule has 0 radical (unpaired) electrons. The minimum absolute atomic E-state index is 0.0276. The van der Waals surface area contributed by atoms with E-state index in [-0.39, 0.29) is 25.0 Å². The van der Waals surface area contributed by atoms with Gasteiger partial charge >= 0.3 is 12.2 Å². The quantitative estimate of drug-likeness (QED) is 0.330. The van der Waals surface area contributed by atoms with E-state index < -0.39 is 52.4 Å². The van der Waals surface area contributed by atoms with E-state index in [4.69, 9.17) is 14.2 Å². The number of nitrogens with zero attached hydrogens (tertiary/aromatic N) is 2. The Balaban J connectivity index is 1.21. The Bertz CT molecular complexity index is 1550. The molecule has 1 spiro atoms. The van der Waals surface area contributed by atoms with Crippen molar-refractivity contribution in [2.24, 2.45) is 0 Å². The first-order valence-corrected chi connectivity index (χ1v) is 18.6. The third-order valence-corrected chi connectivity index (χ3v) is 10.9. The maximum absolute atomic E-state index is 14.0. The van der Waals surface area contributed by atoms with Crippen molar-refractivity contribution in [2.45, 2.75) is 101 Å². The van der Waals surface area contributed by atoms with Crippen LogP contribution < -0.4 is 10.6 Å². The first kappa shape index (κ1) is 38.4. The standard InChI is InChI=1S/C38H52N4O8S/c1-24(43)31(40-34(46)48-22-29-27-14-10-8-12-25(27)26-13-9-11-15-28(26)29)33(45)42-20-21-51-38(42)16-18-41(19-17-38)32(44)30(23-49-36(2,3)4)39-35(47)50-37(5,6)7/h8-15,24,29-31,43H,16-23H2,1-7H3,(H,39,47)(H,40,46)/t24-,30+,31+/m1/s1. The smallest absolute Gasteiger partial charge is 0.408 e. The van der Waals surface area contributed by atoms with Crippen LogP contribution in [0.1, 0.15) is 78.4 Å². The Kier molecular flexibility index (Phi) is 11.6. The Hall–Kier alpha value is -3.81.